The molecule has 0 saturated carbocycles. The van der Waals surface area contributed by atoms with E-state index in [2.05, 4.69) is 4.72 Å². The summed E-state index contributed by atoms with van der Waals surface area (Å²) in [6, 6.07) is 9.07. The van der Waals surface area contributed by atoms with Crippen molar-refractivity contribution in [1.29, 1.82) is 0 Å². The largest absolute Gasteiger partial charge is 0.329 e. The third-order valence-electron chi connectivity index (χ3n) is 3.38. The van der Waals surface area contributed by atoms with Crippen molar-refractivity contribution in [3.05, 3.63) is 35.9 Å². The van der Waals surface area contributed by atoms with E-state index in [1.807, 2.05) is 30.3 Å². The second-order valence-electron chi connectivity index (χ2n) is 4.78. The molecule has 2 rings (SSSR count). The maximum atomic E-state index is 12.3. The van der Waals surface area contributed by atoms with Crippen LogP contribution in [0.25, 0.3) is 0 Å². The van der Waals surface area contributed by atoms with Crippen LogP contribution in [0.3, 0.4) is 0 Å². The highest BCUT2D eigenvalue weighted by Gasteiger charge is 2.26. The van der Waals surface area contributed by atoms with Crippen LogP contribution >= 0.6 is 0 Å². The summed E-state index contributed by atoms with van der Waals surface area (Å²) in [5.41, 5.74) is 6.59. The summed E-state index contributed by atoms with van der Waals surface area (Å²) in [6.07, 6.45) is 2.96. The zero-order valence-electron chi connectivity index (χ0n) is 11.0. The van der Waals surface area contributed by atoms with Gasteiger partial charge in [0.1, 0.15) is 0 Å². The summed E-state index contributed by atoms with van der Waals surface area (Å²) in [4.78, 5) is 0. The molecule has 0 radical (unpaired) electrons. The zero-order chi connectivity index (χ0) is 13.7. The minimum Gasteiger partial charge on any atom is -0.329 e. The topological polar surface area (TPSA) is 75.4 Å². The van der Waals surface area contributed by atoms with E-state index < -0.39 is 10.2 Å². The van der Waals surface area contributed by atoms with Crippen LogP contribution in [0.4, 0.5) is 0 Å². The standard InChI is InChI=1S/C13H21N3O2S/c14-11-13(12-7-3-1-4-8-12)15-19(17,18)16-9-5-2-6-10-16/h1,3-4,7-8,13,15H,2,5-6,9-11,14H2. The molecule has 19 heavy (non-hydrogen) atoms. The van der Waals surface area contributed by atoms with E-state index in [1.54, 1.807) is 0 Å². The molecule has 6 heteroatoms. The molecule has 1 aliphatic rings. The van der Waals surface area contributed by atoms with Crippen molar-refractivity contribution in [2.24, 2.45) is 5.73 Å². The molecule has 0 spiro atoms. The van der Waals surface area contributed by atoms with Crippen LogP contribution in [-0.2, 0) is 10.2 Å². The predicted molar refractivity (Wildman–Crippen MR) is 75.7 cm³/mol. The number of nitrogens with one attached hydrogen (secondary N) is 1. The smallest absolute Gasteiger partial charge is 0.280 e. The lowest BCUT2D eigenvalue weighted by atomic mass is 10.1. The van der Waals surface area contributed by atoms with Gasteiger partial charge in [-0.25, -0.2) is 0 Å². The van der Waals surface area contributed by atoms with Crippen molar-refractivity contribution in [3.8, 4) is 0 Å². The Hall–Kier alpha value is -0.950. The molecule has 1 saturated heterocycles. The number of hydrogen-bond donors (Lipinski definition) is 2. The molecule has 5 nitrogen and oxygen atoms in total. The molecule has 0 aromatic heterocycles. The van der Waals surface area contributed by atoms with Gasteiger partial charge in [0, 0.05) is 19.6 Å². The normalized spacial score (nSPS) is 19.2. The van der Waals surface area contributed by atoms with Crippen LogP contribution in [0.2, 0.25) is 0 Å². The summed E-state index contributed by atoms with van der Waals surface area (Å²) in [7, 11) is -3.44. The Balaban J connectivity index is 2.09. The molecule has 1 aromatic carbocycles. The van der Waals surface area contributed by atoms with E-state index in [1.165, 1.54) is 4.31 Å². The first-order valence-electron chi connectivity index (χ1n) is 6.66. The average Bonchev–Trinajstić information content (AvgIpc) is 2.47. The van der Waals surface area contributed by atoms with E-state index >= 15 is 0 Å². The Morgan fingerprint density at radius 3 is 2.37 bits per heavy atom. The van der Waals surface area contributed by atoms with Crippen LogP contribution < -0.4 is 10.5 Å². The second kappa shape index (κ2) is 6.47. The second-order valence-corrected chi connectivity index (χ2v) is 6.48. The minimum atomic E-state index is -3.44. The van der Waals surface area contributed by atoms with Gasteiger partial charge in [-0.15, -0.1) is 0 Å². The van der Waals surface area contributed by atoms with Crippen molar-refractivity contribution >= 4 is 10.2 Å². The Bertz CT molecular complexity index is 484. The summed E-state index contributed by atoms with van der Waals surface area (Å²) in [5.74, 6) is 0. The van der Waals surface area contributed by atoms with Crippen LogP contribution in [0, 0.1) is 0 Å². The molecule has 1 unspecified atom stereocenters. The number of rotatable bonds is 5. The molecule has 3 N–H and O–H groups in total. The molecule has 1 fully saturated rings. The molecular weight excluding hydrogens is 262 g/mol. The van der Waals surface area contributed by atoms with Crippen LogP contribution in [0.5, 0.6) is 0 Å². The lowest BCUT2D eigenvalue weighted by Crippen LogP contribution is -2.46. The Morgan fingerprint density at radius 2 is 1.79 bits per heavy atom. The van der Waals surface area contributed by atoms with Crippen LogP contribution in [0.1, 0.15) is 30.9 Å². The van der Waals surface area contributed by atoms with Crippen LogP contribution in [-0.4, -0.2) is 32.4 Å². The Kier molecular flexibility index (Phi) is 4.93. The van der Waals surface area contributed by atoms with Gasteiger partial charge in [-0.1, -0.05) is 36.8 Å². The number of nitrogens with zero attached hydrogens (tertiary/aromatic N) is 1. The minimum absolute atomic E-state index is 0.247. The van der Waals surface area contributed by atoms with Gasteiger partial charge in [0.25, 0.3) is 10.2 Å². The monoisotopic (exact) mass is 283 g/mol. The van der Waals surface area contributed by atoms with Crippen molar-refractivity contribution in [1.82, 2.24) is 9.03 Å². The summed E-state index contributed by atoms with van der Waals surface area (Å²) >= 11 is 0. The Morgan fingerprint density at radius 1 is 1.16 bits per heavy atom. The molecule has 0 aliphatic carbocycles. The molecule has 1 heterocycles. The highest BCUT2D eigenvalue weighted by molar-refractivity contribution is 7.87. The van der Waals surface area contributed by atoms with E-state index in [9.17, 15) is 8.42 Å². The fourth-order valence-electron chi connectivity index (χ4n) is 2.30. The highest BCUT2D eigenvalue weighted by atomic mass is 32.2. The van der Waals surface area contributed by atoms with Gasteiger partial charge >= 0.3 is 0 Å². The average molecular weight is 283 g/mol. The molecule has 0 bridgehead atoms. The molecule has 1 aliphatic heterocycles. The number of nitrogens with two attached hydrogens (primary N) is 1. The maximum absolute atomic E-state index is 12.3. The summed E-state index contributed by atoms with van der Waals surface area (Å²) in [5, 5.41) is 0. The van der Waals surface area contributed by atoms with E-state index in [4.69, 9.17) is 5.73 Å². The molecule has 0 amide bonds. The quantitative estimate of drug-likeness (QED) is 0.846. The fraction of sp³-hybridized carbons (Fsp3) is 0.538. The first-order valence-corrected chi connectivity index (χ1v) is 8.10. The molecule has 106 valence electrons. The first kappa shape index (κ1) is 14.5. The van der Waals surface area contributed by atoms with Gasteiger partial charge in [-0.3, -0.25) is 0 Å². The van der Waals surface area contributed by atoms with Gasteiger partial charge in [0.15, 0.2) is 0 Å². The molecular formula is C13H21N3O2S. The highest BCUT2D eigenvalue weighted by Crippen LogP contribution is 2.16. The fourth-order valence-corrected chi connectivity index (χ4v) is 3.78. The number of piperidine rings is 1. The van der Waals surface area contributed by atoms with Crippen LogP contribution in [0.15, 0.2) is 30.3 Å². The van der Waals surface area contributed by atoms with Crippen molar-refractivity contribution < 1.29 is 8.42 Å². The maximum Gasteiger partial charge on any atom is 0.280 e. The van der Waals surface area contributed by atoms with E-state index in [0.29, 0.717) is 13.1 Å². The molecule has 1 atom stereocenters. The third-order valence-corrected chi connectivity index (χ3v) is 5.01. The van der Waals surface area contributed by atoms with Crippen molar-refractivity contribution in [3.63, 3.8) is 0 Å². The Labute approximate surface area is 115 Å². The van der Waals surface area contributed by atoms with Gasteiger partial charge in [0.2, 0.25) is 0 Å². The first-order chi connectivity index (χ1) is 9.13. The zero-order valence-corrected chi connectivity index (χ0v) is 11.8. The van der Waals surface area contributed by atoms with E-state index in [0.717, 1.165) is 24.8 Å². The van der Waals surface area contributed by atoms with E-state index in [-0.39, 0.29) is 12.6 Å². The third kappa shape index (κ3) is 3.76. The van der Waals surface area contributed by atoms with Gasteiger partial charge in [-0.05, 0) is 18.4 Å². The lowest BCUT2D eigenvalue weighted by Gasteiger charge is -2.28. The van der Waals surface area contributed by atoms with Crippen molar-refractivity contribution in [2.45, 2.75) is 25.3 Å². The van der Waals surface area contributed by atoms with Gasteiger partial charge < -0.3 is 5.73 Å². The van der Waals surface area contributed by atoms with Gasteiger partial charge in [0.05, 0.1) is 6.04 Å². The summed E-state index contributed by atoms with van der Waals surface area (Å²) < 4.78 is 28.8. The van der Waals surface area contributed by atoms with Crippen molar-refractivity contribution in [2.75, 3.05) is 19.6 Å². The predicted octanol–water partition coefficient (Wildman–Crippen LogP) is 1.01. The molecule has 1 aromatic rings. The SMILES string of the molecule is NCC(NS(=O)(=O)N1CCCCC1)c1ccccc1. The lowest BCUT2D eigenvalue weighted by molar-refractivity contribution is 0.338. The van der Waals surface area contributed by atoms with Gasteiger partial charge in [-0.2, -0.15) is 17.4 Å². The number of hydrogen-bond acceptors (Lipinski definition) is 3. The summed E-state index contributed by atoms with van der Waals surface area (Å²) in [6.45, 7) is 1.44. The number of benzene rings is 1.